The summed E-state index contributed by atoms with van der Waals surface area (Å²) in [6.07, 6.45) is 6.34. The lowest BCUT2D eigenvalue weighted by Gasteiger charge is -2.24. The maximum absolute atomic E-state index is 5.73. The van der Waals surface area contributed by atoms with E-state index in [2.05, 4.69) is 11.8 Å². The normalized spacial score (nSPS) is 22.4. The number of halogens is 1. The fraction of sp³-hybridized carbons (Fsp3) is 1.00. The van der Waals surface area contributed by atoms with Crippen molar-refractivity contribution < 1.29 is 4.74 Å². The molecule has 1 fully saturated rings. The van der Waals surface area contributed by atoms with Crippen LogP contribution in [0, 0.1) is 0 Å². The van der Waals surface area contributed by atoms with E-state index in [0.717, 1.165) is 31.6 Å². The number of hydrogen-bond donors (Lipinski definition) is 0. The van der Waals surface area contributed by atoms with Crippen LogP contribution in [0.25, 0.3) is 0 Å². The van der Waals surface area contributed by atoms with E-state index >= 15 is 0 Å². The van der Waals surface area contributed by atoms with Crippen LogP contribution in [-0.2, 0) is 4.74 Å². The Morgan fingerprint density at radius 3 is 3.00 bits per heavy atom. The molecule has 0 spiro atoms. The van der Waals surface area contributed by atoms with E-state index in [4.69, 9.17) is 16.3 Å². The molecule has 0 amide bonds. The lowest BCUT2D eigenvalue weighted by molar-refractivity contribution is 0.128. The quantitative estimate of drug-likeness (QED) is 0.472. The molecule has 1 aliphatic heterocycles. The highest BCUT2D eigenvalue weighted by Gasteiger charge is 2.22. The standard InChI is InChI=1S/C12H24ClNO/c1-2-15-11-5-10-14-9-4-7-12(14)6-3-8-13/h12H,2-11H2,1H3. The van der Waals surface area contributed by atoms with Crippen LogP contribution in [0.5, 0.6) is 0 Å². The number of nitrogens with zero attached hydrogens (tertiary/aromatic N) is 1. The summed E-state index contributed by atoms with van der Waals surface area (Å²) < 4.78 is 5.36. The van der Waals surface area contributed by atoms with Crippen LogP contribution in [0.1, 0.15) is 39.0 Å². The van der Waals surface area contributed by atoms with Crippen molar-refractivity contribution in [1.82, 2.24) is 4.90 Å². The molecule has 0 aromatic carbocycles. The van der Waals surface area contributed by atoms with Crippen LogP contribution in [0.3, 0.4) is 0 Å². The number of hydrogen-bond acceptors (Lipinski definition) is 2. The third-order valence-electron chi connectivity index (χ3n) is 3.11. The molecule has 3 heteroatoms. The molecule has 1 atom stereocenters. The van der Waals surface area contributed by atoms with Crippen molar-refractivity contribution >= 4 is 11.6 Å². The topological polar surface area (TPSA) is 12.5 Å². The fourth-order valence-electron chi connectivity index (χ4n) is 2.34. The van der Waals surface area contributed by atoms with E-state index in [1.54, 1.807) is 0 Å². The molecule has 0 bridgehead atoms. The van der Waals surface area contributed by atoms with Gasteiger partial charge in [0.2, 0.25) is 0 Å². The second-order valence-electron chi connectivity index (χ2n) is 4.21. The van der Waals surface area contributed by atoms with Crippen molar-refractivity contribution in [2.45, 2.75) is 45.1 Å². The second kappa shape index (κ2) is 8.37. The van der Waals surface area contributed by atoms with E-state index in [1.807, 2.05) is 0 Å². The lowest BCUT2D eigenvalue weighted by atomic mass is 10.1. The van der Waals surface area contributed by atoms with Gasteiger partial charge in [0.05, 0.1) is 0 Å². The predicted molar refractivity (Wildman–Crippen MR) is 65.7 cm³/mol. The van der Waals surface area contributed by atoms with Crippen molar-refractivity contribution in [3.05, 3.63) is 0 Å². The zero-order valence-electron chi connectivity index (χ0n) is 9.88. The molecular weight excluding hydrogens is 210 g/mol. The molecule has 1 aliphatic rings. The molecule has 90 valence electrons. The summed E-state index contributed by atoms with van der Waals surface area (Å²) in [4.78, 5) is 2.62. The molecule has 1 unspecified atom stereocenters. The van der Waals surface area contributed by atoms with Crippen LogP contribution in [0.2, 0.25) is 0 Å². The largest absolute Gasteiger partial charge is 0.382 e. The smallest absolute Gasteiger partial charge is 0.0478 e. The number of rotatable bonds is 8. The van der Waals surface area contributed by atoms with E-state index in [9.17, 15) is 0 Å². The molecule has 1 rings (SSSR count). The predicted octanol–water partition coefficient (Wildman–Crippen LogP) is 2.90. The summed E-state index contributed by atoms with van der Waals surface area (Å²) >= 11 is 5.73. The van der Waals surface area contributed by atoms with Crippen LogP contribution < -0.4 is 0 Å². The van der Waals surface area contributed by atoms with Gasteiger partial charge in [-0.05, 0) is 45.6 Å². The van der Waals surface area contributed by atoms with Gasteiger partial charge in [0, 0.05) is 31.7 Å². The van der Waals surface area contributed by atoms with Crippen LogP contribution in [0.15, 0.2) is 0 Å². The summed E-state index contributed by atoms with van der Waals surface area (Å²) in [7, 11) is 0. The first-order valence-electron chi connectivity index (χ1n) is 6.26. The van der Waals surface area contributed by atoms with E-state index in [1.165, 1.54) is 38.8 Å². The molecule has 2 nitrogen and oxygen atoms in total. The van der Waals surface area contributed by atoms with Gasteiger partial charge in [0.1, 0.15) is 0 Å². The summed E-state index contributed by atoms with van der Waals surface area (Å²) in [6.45, 7) is 6.29. The molecule has 0 aliphatic carbocycles. The van der Waals surface area contributed by atoms with Gasteiger partial charge in [-0.15, -0.1) is 11.6 Å². The summed E-state index contributed by atoms with van der Waals surface area (Å²) in [5.74, 6) is 0.809. The van der Waals surface area contributed by atoms with Crippen LogP contribution >= 0.6 is 11.6 Å². The Morgan fingerprint density at radius 1 is 1.40 bits per heavy atom. The van der Waals surface area contributed by atoms with Gasteiger partial charge in [-0.3, -0.25) is 0 Å². The summed E-state index contributed by atoms with van der Waals surface area (Å²) in [5, 5.41) is 0. The van der Waals surface area contributed by atoms with Gasteiger partial charge < -0.3 is 9.64 Å². The minimum absolute atomic E-state index is 0.797. The second-order valence-corrected chi connectivity index (χ2v) is 4.59. The van der Waals surface area contributed by atoms with Gasteiger partial charge >= 0.3 is 0 Å². The minimum Gasteiger partial charge on any atom is -0.382 e. The zero-order valence-corrected chi connectivity index (χ0v) is 10.6. The molecule has 15 heavy (non-hydrogen) atoms. The lowest BCUT2D eigenvalue weighted by Crippen LogP contribution is -2.31. The Bertz CT molecular complexity index is 155. The van der Waals surface area contributed by atoms with Crippen molar-refractivity contribution in [2.75, 3.05) is 32.2 Å². The first-order valence-corrected chi connectivity index (χ1v) is 6.79. The fourth-order valence-corrected chi connectivity index (χ4v) is 2.50. The van der Waals surface area contributed by atoms with E-state index < -0.39 is 0 Å². The summed E-state index contributed by atoms with van der Waals surface area (Å²) in [5.41, 5.74) is 0. The molecule has 0 aromatic heterocycles. The van der Waals surface area contributed by atoms with Crippen molar-refractivity contribution in [3.63, 3.8) is 0 Å². The highest BCUT2D eigenvalue weighted by Crippen LogP contribution is 2.21. The van der Waals surface area contributed by atoms with Crippen LogP contribution in [0.4, 0.5) is 0 Å². The maximum Gasteiger partial charge on any atom is 0.0478 e. The van der Waals surface area contributed by atoms with Gasteiger partial charge in [-0.25, -0.2) is 0 Å². The van der Waals surface area contributed by atoms with Gasteiger partial charge in [-0.1, -0.05) is 0 Å². The average molecular weight is 234 g/mol. The molecule has 1 heterocycles. The zero-order chi connectivity index (χ0) is 10.9. The third-order valence-corrected chi connectivity index (χ3v) is 3.38. The first kappa shape index (κ1) is 13.3. The van der Waals surface area contributed by atoms with Crippen molar-refractivity contribution in [1.29, 1.82) is 0 Å². The Hall–Kier alpha value is 0.210. The number of ether oxygens (including phenoxy) is 1. The van der Waals surface area contributed by atoms with Gasteiger partial charge in [-0.2, -0.15) is 0 Å². The van der Waals surface area contributed by atoms with Gasteiger partial charge in [0.15, 0.2) is 0 Å². The van der Waals surface area contributed by atoms with Crippen molar-refractivity contribution in [2.24, 2.45) is 0 Å². The van der Waals surface area contributed by atoms with Crippen LogP contribution in [-0.4, -0.2) is 43.1 Å². The summed E-state index contributed by atoms with van der Waals surface area (Å²) in [6, 6.07) is 0.797. The molecule has 0 N–H and O–H groups in total. The Kier molecular flexibility index (Phi) is 7.41. The monoisotopic (exact) mass is 233 g/mol. The molecule has 0 saturated carbocycles. The Balaban J connectivity index is 2.09. The molecule has 0 aromatic rings. The van der Waals surface area contributed by atoms with E-state index in [-0.39, 0.29) is 0 Å². The van der Waals surface area contributed by atoms with Gasteiger partial charge in [0.25, 0.3) is 0 Å². The van der Waals surface area contributed by atoms with E-state index in [0.29, 0.717) is 0 Å². The number of alkyl halides is 1. The molecule has 1 saturated heterocycles. The average Bonchev–Trinajstić information content (AvgIpc) is 2.69. The molecular formula is C12H24ClNO. The Labute approximate surface area is 98.9 Å². The Morgan fingerprint density at radius 2 is 2.27 bits per heavy atom. The highest BCUT2D eigenvalue weighted by molar-refractivity contribution is 6.17. The first-order chi connectivity index (χ1) is 7.38. The minimum atomic E-state index is 0.797. The number of likely N-dealkylation sites (tertiary alicyclic amines) is 1. The van der Waals surface area contributed by atoms with Crippen molar-refractivity contribution in [3.8, 4) is 0 Å². The highest BCUT2D eigenvalue weighted by atomic mass is 35.5. The maximum atomic E-state index is 5.73. The SMILES string of the molecule is CCOCCCN1CCCC1CCCCl. The molecule has 0 radical (unpaired) electrons. The third kappa shape index (κ3) is 5.19.